The summed E-state index contributed by atoms with van der Waals surface area (Å²) in [6.45, 7) is 6.81. The van der Waals surface area contributed by atoms with Crippen LogP contribution in [0.15, 0.2) is 138 Å². The Kier molecular flexibility index (Phi) is 6.88. The van der Waals surface area contributed by atoms with Gasteiger partial charge in [0.05, 0.1) is 0 Å². The van der Waals surface area contributed by atoms with Crippen LogP contribution < -0.4 is 26.2 Å². The van der Waals surface area contributed by atoms with E-state index in [1.54, 1.807) is 0 Å². The molecule has 6 aromatic rings. The first-order valence-corrected chi connectivity index (χ1v) is 18.9. The molecule has 2 aliphatic rings. The second-order valence-corrected chi connectivity index (χ2v) is 17.3. The van der Waals surface area contributed by atoms with Crippen LogP contribution in [0.3, 0.4) is 0 Å². The van der Waals surface area contributed by atoms with Crippen molar-refractivity contribution in [1.29, 1.82) is 0 Å². The maximum Gasteiger partial charge on any atom is 0.252 e. The molecule has 0 aromatic heterocycles. The average molecular weight is 615 g/mol. The Morgan fingerprint density at radius 3 is 1.78 bits per heavy atom. The number of aryl methyl sites for hydroxylation is 2. The lowest BCUT2D eigenvalue weighted by Gasteiger charge is -2.44. The maximum atomic E-state index is 2.50. The van der Waals surface area contributed by atoms with E-state index in [1.165, 1.54) is 83.4 Å². The summed E-state index contributed by atoms with van der Waals surface area (Å²) in [5.74, 6) is 1.19. The van der Waals surface area contributed by atoms with Crippen molar-refractivity contribution >= 4 is 67.3 Å². The van der Waals surface area contributed by atoms with Crippen LogP contribution in [0, 0.1) is 13.8 Å². The van der Waals surface area contributed by atoms with Gasteiger partial charge >= 0.3 is 0 Å². The SMILES string of the molecule is CCS(C)(C)c1ccc(-c2cc3c4c(c2)N(c2ccc(C)cc2)c2ccc(C)cc2B4c2ccccc2N3c2ccccc2)cc1. The first-order valence-electron chi connectivity index (χ1n) is 16.2. The molecule has 0 aliphatic carbocycles. The van der Waals surface area contributed by atoms with Gasteiger partial charge in [-0.15, -0.1) is 0 Å². The minimum absolute atomic E-state index is 0.128. The van der Waals surface area contributed by atoms with Gasteiger partial charge in [-0.3, -0.25) is 0 Å². The molecule has 0 bridgehead atoms. The normalized spacial score (nSPS) is 13.6. The van der Waals surface area contributed by atoms with Crippen molar-refractivity contribution in [2.75, 3.05) is 28.1 Å². The van der Waals surface area contributed by atoms with Crippen LogP contribution >= 0.6 is 10.0 Å². The van der Waals surface area contributed by atoms with Gasteiger partial charge in [0.15, 0.2) is 0 Å². The van der Waals surface area contributed by atoms with Crippen LogP contribution in [0.25, 0.3) is 11.1 Å². The Labute approximate surface area is 275 Å². The van der Waals surface area contributed by atoms with E-state index >= 15 is 0 Å². The Morgan fingerprint density at radius 1 is 0.522 bits per heavy atom. The summed E-state index contributed by atoms with van der Waals surface area (Å²) in [4.78, 5) is 6.45. The second kappa shape index (κ2) is 11.0. The largest absolute Gasteiger partial charge is 0.311 e. The number of nitrogens with zero attached hydrogens (tertiary/aromatic N) is 2. The molecule has 0 N–H and O–H groups in total. The van der Waals surface area contributed by atoms with Crippen LogP contribution in [-0.2, 0) is 0 Å². The topological polar surface area (TPSA) is 6.48 Å². The number of hydrogen-bond donors (Lipinski definition) is 0. The highest BCUT2D eigenvalue weighted by Gasteiger charge is 2.43. The molecule has 8 rings (SSSR count). The second-order valence-electron chi connectivity index (χ2n) is 13.2. The summed E-state index contributed by atoms with van der Waals surface area (Å²) in [7, 11) is -0.803. The summed E-state index contributed by atoms with van der Waals surface area (Å²) >= 11 is 0. The number of anilines is 6. The van der Waals surface area contributed by atoms with Gasteiger partial charge < -0.3 is 9.80 Å². The molecule has 0 radical (unpaired) electrons. The molecule has 2 nitrogen and oxygen atoms in total. The zero-order chi connectivity index (χ0) is 31.6. The number of benzene rings is 6. The molecule has 2 aliphatic heterocycles. The highest BCUT2D eigenvalue weighted by molar-refractivity contribution is 8.32. The number of hydrogen-bond acceptors (Lipinski definition) is 2. The van der Waals surface area contributed by atoms with Gasteiger partial charge in [-0.05, 0) is 125 Å². The van der Waals surface area contributed by atoms with E-state index in [2.05, 4.69) is 177 Å². The van der Waals surface area contributed by atoms with Crippen molar-refractivity contribution in [2.45, 2.75) is 25.7 Å². The van der Waals surface area contributed by atoms with E-state index in [9.17, 15) is 0 Å². The smallest absolute Gasteiger partial charge is 0.252 e. The van der Waals surface area contributed by atoms with Gasteiger partial charge in [0.2, 0.25) is 0 Å². The fourth-order valence-electron chi connectivity index (χ4n) is 7.25. The quantitative estimate of drug-likeness (QED) is 0.178. The van der Waals surface area contributed by atoms with E-state index in [0.29, 0.717) is 0 Å². The zero-order valence-corrected chi connectivity index (χ0v) is 28.1. The summed E-state index contributed by atoms with van der Waals surface area (Å²) in [6.07, 6.45) is 4.83. The number of para-hydroxylation sites is 2. The Bertz CT molecular complexity index is 2080. The van der Waals surface area contributed by atoms with E-state index in [4.69, 9.17) is 0 Å². The van der Waals surface area contributed by atoms with Gasteiger partial charge in [0.25, 0.3) is 6.71 Å². The molecular formula is C42H39BN2S. The summed E-state index contributed by atoms with van der Waals surface area (Å²) in [6, 6.07) is 50.2. The van der Waals surface area contributed by atoms with Crippen molar-refractivity contribution in [1.82, 2.24) is 0 Å². The Morgan fingerprint density at radius 2 is 1.11 bits per heavy atom. The van der Waals surface area contributed by atoms with Crippen LogP contribution in [0.5, 0.6) is 0 Å². The number of fused-ring (bicyclic) bond motifs is 4. The van der Waals surface area contributed by atoms with E-state index in [0.717, 1.165) is 0 Å². The molecule has 0 spiro atoms. The molecule has 46 heavy (non-hydrogen) atoms. The first kappa shape index (κ1) is 28.8. The van der Waals surface area contributed by atoms with Crippen LogP contribution in [0.4, 0.5) is 34.1 Å². The fraction of sp³-hybridized carbons (Fsp3) is 0.143. The summed E-state index contributed by atoms with van der Waals surface area (Å²) in [5.41, 5.74) is 16.4. The molecule has 2 heterocycles. The standard InChI is InChI=1S/C42H39BN2S/c1-6-46(4,5)35-23-19-31(20-24-35)32-27-40-42-41(28-32)45(34-21-16-29(2)17-22-34)39-25-18-30(3)26-37(39)43(42)36-14-10-11-15-38(36)44(40)33-12-8-7-9-13-33/h7-28H,6H2,1-5H3. The lowest BCUT2D eigenvalue weighted by Crippen LogP contribution is -2.61. The third kappa shape index (κ3) is 4.58. The molecule has 226 valence electrons. The molecule has 0 saturated carbocycles. The average Bonchev–Trinajstić information content (AvgIpc) is 3.09. The number of rotatable bonds is 5. The van der Waals surface area contributed by atoms with Gasteiger partial charge in [-0.2, -0.15) is 0 Å². The summed E-state index contributed by atoms with van der Waals surface area (Å²) in [5, 5.41) is 0. The molecule has 0 fully saturated rings. The zero-order valence-electron chi connectivity index (χ0n) is 27.3. The predicted octanol–water partition coefficient (Wildman–Crippen LogP) is 9.50. The van der Waals surface area contributed by atoms with Crippen molar-refractivity contribution in [3.05, 3.63) is 145 Å². The molecule has 0 amide bonds. The van der Waals surface area contributed by atoms with E-state index in [-0.39, 0.29) is 6.71 Å². The highest BCUT2D eigenvalue weighted by Crippen LogP contribution is 2.50. The maximum absolute atomic E-state index is 2.50. The van der Waals surface area contributed by atoms with E-state index in [1.807, 2.05) is 0 Å². The lowest BCUT2D eigenvalue weighted by molar-refractivity contribution is 1.25. The monoisotopic (exact) mass is 614 g/mol. The van der Waals surface area contributed by atoms with Crippen molar-refractivity contribution in [3.63, 3.8) is 0 Å². The van der Waals surface area contributed by atoms with Crippen molar-refractivity contribution in [2.24, 2.45) is 0 Å². The predicted molar refractivity (Wildman–Crippen MR) is 204 cm³/mol. The Hall–Kier alpha value is -4.67. The molecule has 6 aromatic carbocycles. The molecular weight excluding hydrogens is 575 g/mol. The third-order valence-corrected chi connectivity index (χ3v) is 13.0. The molecule has 0 unspecified atom stereocenters. The lowest BCUT2D eigenvalue weighted by atomic mass is 9.33. The fourth-order valence-corrected chi connectivity index (χ4v) is 8.45. The highest BCUT2D eigenvalue weighted by atomic mass is 32.3. The van der Waals surface area contributed by atoms with Gasteiger partial charge in [0, 0.05) is 34.1 Å². The molecule has 0 saturated heterocycles. The van der Waals surface area contributed by atoms with Gasteiger partial charge in [-0.25, -0.2) is 10.0 Å². The van der Waals surface area contributed by atoms with Crippen molar-refractivity contribution < 1.29 is 0 Å². The molecule has 0 atom stereocenters. The first-order chi connectivity index (χ1) is 22.3. The molecule has 4 heteroatoms. The minimum atomic E-state index is -0.803. The van der Waals surface area contributed by atoms with Gasteiger partial charge in [-0.1, -0.05) is 90.8 Å². The van der Waals surface area contributed by atoms with Crippen LogP contribution in [0.1, 0.15) is 18.1 Å². The van der Waals surface area contributed by atoms with Crippen molar-refractivity contribution in [3.8, 4) is 11.1 Å². The third-order valence-electron chi connectivity index (χ3n) is 9.98. The van der Waals surface area contributed by atoms with Gasteiger partial charge in [0.1, 0.15) is 0 Å². The Balaban J connectivity index is 1.45. The van der Waals surface area contributed by atoms with E-state index < -0.39 is 10.0 Å². The summed E-state index contributed by atoms with van der Waals surface area (Å²) < 4.78 is 0. The van der Waals surface area contributed by atoms with Crippen LogP contribution in [0.2, 0.25) is 0 Å². The van der Waals surface area contributed by atoms with Crippen LogP contribution in [-0.4, -0.2) is 25.0 Å². The minimum Gasteiger partial charge on any atom is -0.311 e.